The third-order valence-corrected chi connectivity index (χ3v) is 3.49. The van der Waals surface area contributed by atoms with Crippen LogP contribution < -0.4 is 5.32 Å². The molecule has 104 valence electrons. The monoisotopic (exact) mass is 271 g/mol. The Labute approximate surface area is 110 Å². The van der Waals surface area contributed by atoms with Crippen molar-refractivity contribution < 1.29 is 18.0 Å². The summed E-state index contributed by atoms with van der Waals surface area (Å²) < 4.78 is 37.7. The second-order valence-electron chi connectivity index (χ2n) is 4.93. The lowest BCUT2D eigenvalue weighted by Crippen LogP contribution is -2.34. The summed E-state index contributed by atoms with van der Waals surface area (Å²) in [6, 6.07) is 3.33. The van der Waals surface area contributed by atoms with Gasteiger partial charge >= 0.3 is 6.18 Å². The van der Waals surface area contributed by atoms with Crippen molar-refractivity contribution in [2.45, 2.75) is 25.9 Å². The third kappa shape index (κ3) is 3.15. The SMILES string of the molecule is Cc1cc(C(F)(F)F)ccc1C(=O)C1CCCNC1. The smallest absolute Gasteiger partial charge is 0.316 e. The van der Waals surface area contributed by atoms with Gasteiger partial charge in [-0.3, -0.25) is 4.79 Å². The van der Waals surface area contributed by atoms with E-state index in [-0.39, 0.29) is 11.7 Å². The van der Waals surface area contributed by atoms with Crippen molar-refractivity contribution in [1.82, 2.24) is 5.32 Å². The number of hydrogen-bond acceptors (Lipinski definition) is 2. The molecule has 19 heavy (non-hydrogen) atoms. The number of rotatable bonds is 2. The number of Topliss-reactive ketones (excluding diaryl/α,β-unsaturated/α-hetero) is 1. The number of carbonyl (C=O) groups excluding carboxylic acids is 1. The van der Waals surface area contributed by atoms with E-state index in [1.807, 2.05) is 0 Å². The van der Waals surface area contributed by atoms with Crippen LogP contribution in [0.5, 0.6) is 0 Å². The van der Waals surface area contributed by atoms with Gasteiger partial charge in [0.05, 0.1) is 5.56 Å². The van der Waals surface area contributed by atoms with Crippen molar-refractivity contribution in [3.05, 3.63) is 34.9 Å². The van der Waals surface area contributed by atoms with Gasteiger partial charge in [-0.15, -0.1) is 0 Å². The zero-order chi connectivity index (χ0) is 14.0. The first-order valence-corrected chi connectivity index (χ1v) is 6.32. The minimum Gasteiger partial charge on any atom is -0.316 e. The number of aryl methyl sites for hydroxylation is 1. The fraction of sp³-hybridized carbons (Fsp3) is 0.500. The molecule has 0 aliphatic carbocycles. The van der Waals surface area contributed by atoms with Crippen molar-refractivity contribution in [2.24, 2.45) is 5.92 Å². The Hall–Kier alpha value is -1.36. The van der Waals surface area contributed by atoms with Crippen molar-refractivity contribution in [3.8, 4) is 0 Å². The second kappa shape index (κ2) is 5.33. The highest BCUT2D eigenvalue weighted by Gasteiger charge is 2.31. The van der Waals surface area contributed by atoms with E-state index in [9.17, 15) is 18.0 Å². The number of carbonyl (C=O) groups is 1. The maximum atomic E-state index is 12.6. The van der Waals surface area contributed by atoms with Gasteiger partial charge in [-0.1, -0.05) is 6.07 Å². The molecular formula is C14H16F3NO. The lowest BCUT2D eigenvalue weighted by Gasteiger charge is -2.22. The molecule has 1 aromatic carbocycles. The van der Waals surface area contributed by atoms with Gasteiger partial charge in [-0.2, -0.15) is 13.2 Å². The molecule has 1 heterocycles. The van der Waals surface area contributed by atoms with Gasteiger partial charge in [0.1, 0.15) is 0 Å². The summed E-state index contributed by atoms with van der Waals surface area (Å²) in [4.78, 5) is 12.3. The van der Waals surface area contributed by atoms with Gasteiger partial charge in [0.15, 0.2) is 5.78 Å². The summed E-state index contributed by atoms with van der Waals surface area (Å²) in [6.45, 7) is 3.06. The highest BCUT2D eigenvalue weighted by atomic mass is 19.4. The van der Waals surface area contributed by atoms with Crippen LogP contribution in [-0.2, 0) is 6.18 Å². The van der Waals surface area contributed by atoms with Gasteiger partial charge in [0, 0.05) is 18.0 Å². The van der Waals surface area contributed by atoms with Crippen LogP contribution in [0.4, 0.5) is 13.2 Å². The number of halogens is 3. The van der Waals surface area contributed by atoms with Gasteiger partial charge in [0.25, 0.3) is 0 Å². The maximum absolute atomic E-state index is 12.6. The Morgan fingerprint density at radius 1 is 1.37 bits per heavy atom. The Bertz CT molecular complexity index is 476. The van der Waals surface area contributed by atoms with Crippen molar-refractivity contribution in [3.63, 3.8) is 0 Å². The van der Waals surface area contributed by atoms with Crippen molar-refractivity contribution >= 4 is 5.78 Å². The molecule has 0 radical (unpaired) electrons. The van der Waals surface area contributed by atoms with E-state index in [1.165, 1.54) is 6.07 Å². The standard InChI is InChI=1S/C14H16F3NO/c1-9-7-11(14(15,16)17)4-5-12(9)13(19)10-3-2-6-18-8-10/h4-5,7,10,18H,2-3,6,8H2,1H3. The predicted octanol–water partition coefficient (Wildman–Crippen LogP) is 3.20. The molecule has 2 nitrogen and oxygen atoms in total. The highest BCUT2D eigenvalue weighted by molar-refractivity contribution is 5.99. The maximum Gasteiger partial charge on any atom is 0.416 e. The Kier molecular flexibility index (Phi) is 3.94. The molecule has 1 aliphatic heterocycles. The van der Waals surface area contributed by atoms with Crippen LogP contribution in [-0.4, -0.2) is 18.9 Å². The normalized spacial score (nSPS) is 20.3. The quantitative estimate of drug-likeness (QED) is 0.837. The summed E-state index contributed by atoms with van der Waals surface area (Å²) >= 11 is 0. The molecule has 1 fully saturated rings. The van der Waals surface area contributed by atoms with E-state index in [4.69, 9.17) is 0 Å². The molecule has 1 aromatic rings. The number of hydrogen-bond donors (Lipinski definition) is 1. The first kappa shape index (κ1) is 14.1. The predicted molar refractivity (Wildman–Crippen MR) is 66.1 cm³/mol. The number of alkyl halides is 3. The van der Waals surface area contributed by atoms with Crippen LogP contribution in [0.15, 0.2) is 18.2 Å². The first-order chi connectivity index (χ1) is 8.89. The van der Waals surface area contributed by atoms with E-state index in [0.29, 0.717) is 17.7 Å². The van der Waals surface area contributed by atoms with Crippen LogP contribution in [0.1, 0.15) is 34.3 Å². The molecule has 1 atom stereocenters. The molecule has 1 unspecified atom stereocenters. The van der Waals surface area contributed by atoms with Gasteiger partial charge in [0.2, 0.25) is 0 Å². The van der Waals surface area contributed by atoms with E-state index < -0.39 is 11.7 Å². The zero-order valence-electron chi connectivity index (χ0n) is 10.7. The van der Waals surface area contributed by atoms with Gasteiger partial charge in [-0.25, -0.2) is 0 Å². The molecule has 0 amide bonds. The number of piperidine rings is 1. The Morgan fingerprint density at radius 2 is 2.11 bits per heavy atom. The molecule has 0 aromatic heterocycles. The average molecular weight is 271 g/mol. The van der Waals surface area contributed by atoms with E-state index >= 15 is 0 Å². The van der Waals surface area contributed by atoms with Crippen LogP contribution in [0.3, 0.4) is 0 Å². The van der Waals surface area contributed by atoms with E-state index in [0.717, 1.165) is 31.5 Å². The van der Waals surface area contributed by atoms with Crippen LogP contribution in [0.25, 0.3) is 0 Å². The lowest BCUT2D eigenvalue weighted by molar-refractivity contribution is -0.137. The minimum atomic E-state index is -4.36. The molecule has 1 saturated heterocycles. The van der Waals surface area contributed by atoms with Crippen molar-refractivity contribution in [1.29, 1.82) is 0 Å². The van der Waals surface area contributed by atoms with Crippen molar-refractivity contribution in [2.75, 3.05) is 13.1 Å². The average Bonchev–Trinajstić information content (AvgIpc) is 2.38. The number of benzene rings is 1. The summed E-state index contributed by atoms with van der Waals surface area (Å²) in [5, 5.41) is 3.14. The Morgan fingerprint density at radius 3 is 2.63 bits per heavy atom. The molecule has 0 bridgehead atoms. The van der Waals surface area contributed by atoms with Crippen LogP contribution in [0, 0.1) is 12.8 Å². The molecule has 5 heteroatoms. The van der Waals surface area contributed by atoms with Crippen LogP contribution in [0.2, 0.25) is 0 Å². The lowest BCUT2D eigenvalue weighted by atomic mass is 9.88. The zero-order valence-corrected chi connectivity index (χ0v) is 10.7. The highest BCUT2D eigenvalue weighted by Crippen LogP contribution is 2.31. The molecule has 0 spiro atoms. The summed E-state index contributed by atoms with van der Waals surface area (Å²) in [5.41, 5.74) is 0.0930. The third-order valence-electron chi connectivity index (χ3n) is 3.49. The van der Waals surface area contributed by atoms with Gasteiger partial charge < -0.3 is 5.32 Å². The van der Waals surface area contributed by atoms with Gasteiger partial charge in [-0.05, 0) is 44.0 Å². The molecule has 2 rings (SSSR count). The topological polar surface area (TPSA) is 29.1 Å². The number of nitrogens with one attached hydrogen (secondary N) is 1. The molecule has 1 aliphatic rings. The summed E-state index contributed by atoms with van der Waals surface area (Å²) in [7, 11) is 0. The van der Waals surface area contributed by atoms with E-state index in [1.54, 1.807) is 6.92 Å². The fourth-order valence-electron chi connectivity index (χ4n) is 2.41. The van der Waals surface area contributed by atoms with Crippen LogP contribution >= 0.6 is 0 Å². The molecule has 0 saturated carbocycles. The number of ketones is 1. The summed E-state index contributed by atoms with van der Waals surface area (Å²) in [5.74, 6) is -0.178. The Balaban J connectivity index is 2.23. The minimum absolute atomic E-state index is 0.0570. The fourth-order valence-corrected chi connectivity index (χ4v) is 2.41. The summed E-state index contributed by atoms with van der Waals surface area (Å²) in [6.07, 6.45) is -2.64. The second-order valence-corrected chi connectivity index (χ2v) is 4.93. The first-order valence-electron chi connectivity index (χ1n) is 6.32. The largest absolute Gasteiger partial charge is 0.416 e. The molecular weight excluding hydrogens is 255 g/mol. The van der Waals surface area contributed by atoms with E-state index in [2.05, 4.69) is 5.32 Å². The molecule has 1 N–H and O–H groups in total.